The number of aryl methyl sites for hydroxylation is 2. The topological polar surface area (TPSA) is 55.4 Å². The molecule has 0 unspecified atom stereocenters. The second-order valence-electron chi connectivity index (χ2n) is 10.4. The minimum Gasteiger partial charge on any atom is -0.306 e. The molecule has 6 nitrogen and oxygen atoms in total. The molecule has 5 aromatic rings. The maximum absolute atomic E-state index is 13.4. The van der Waals surface area contributed by atoms with Crippen molar-refractivity contribution in [3.8, 4) is 17.5 Å². The molecule has 0 saturated carbocycles. The number of benzene rings is 2. The van der Waals surface area contributed by atoms with Gasteiger partial charge < -0.3 is 4.57 Å². The van der Waals surface area contributed by atoms with E-state index in [1.165, 1.54) is 12.8 Å². The molecule has 1 aliphatic rings. The average molecular weight is 514 g/mol. The fraction of sp³-hybridized carbons (Fsp3) is 0.242. The zero-order chi connectivity index (χ0) is 26.8. The molecule has 4 heterocycles. The van der Waals surface area contributed by atoms with Crippen molar-refractivity contribution >= 4 is 11.4 Å². The highest BCUT2D eigenvalue weighted by atomic mass is 16.1. The number of pyridine rings is 1. The molecule has 2 aromatic carbocycles. The van der Waals surface area contributed by atoms with Crippen molar-refractivity contribution in [3.63, 3.8) is 0 Å². The Kier molecular flexibility index (Phi) is 6.83. The van der Waals surface area contributed by atoms with Gasteiger partial charge in [-0.05, 0) is 92.7 Å². The number of carbonyl (C=O) groups is 1. The number of carbonyl (C=O) groups excluding carboxylic acids is 1. The van der Waals surface area contributed by atoms with Crippen LogP contribution in [-0.4, -0.2) is 42.7 Å². The van der Waals surface area contributed by atoms with E-state index in [0.717, 1.165) is 64.6 Å². The van der Waals surface area contributed by atoms with Crippen molar-refractivity contribution in [1.82, 2.24) is 23.8 Å². The van der Waals surface area contributed by atoms with Crippen molar-refractivity contribution in [2.75, 3.05) is 13.1 Å². The van der Waals surface area contributed by atoms with Crippen LogP contribution < -0.4 is 0 Å². The standard InChI is InChI=1S/C33H31N5O/c1-24-15-26(17-31(16-24)37-22-29(35-23-37)21-36-12-5-6-13-36)18-32(39)28-9-8-25(2)27(19-28)10-11-30-20-34-33-7-3-4-14-38(30)33/h3-4,7-9,14-17,19-20,22-23H,5-6,12-13,18,21H2,1-2H3. The predicted molar refractivity (Wildman–Crippen MR) is 153 cm³/mol. The van der Waals surface area contributed by atoms with E-state index in [0.29, 0.717) is 12.0 Å². The lowest BCUT2D eigenvalue weighted by Gasteiger charge is -2.12. The van der Waals surface area contributed by atoms with Crippen LogP contribution in [0.25, 0.3) is 11.3 Å². The summed E-state index contributed by atoms with van der Waals surface area (Å²) in [7, 11) is 0. The molecule has 6 rings (SSSR count). The second-order valence-corrected chi connectivity index (χ2v) is 10.4. The number of hydrogen-bond donors (Lipinski definition) is 0. The van der Waals surface area contributed by atoms with Crippen LogP contribution in [-0.2, 0) is 13.0 Å². The number of aromatic nitrogens is 4. The maximum Gasteiger partial charge on any atom is 0.167 e. The number of ketones is 1. The van der Waals surface area contributed by atoms with E-state index >= 15 is 0 Å². The van der Waals surface area contributed by atoms with Gasteiger partial charge in [-0.25, -0.2) is 9.97 Å². The van der Waals surface area contributed by atoms with Crippen molar-refractivity contribution in [2.24, 2.45) is 0 Å². The third kappa shape index (κ3) is 5.55. The number of fused-ring (bicyclic) bond motifs is 1. The normalized spacial score (nSPS) is 13.5. The van der Waals surface area contributed by atoms with Crippen molar-refractivity contribution in [2.45, 2.75) is 39.7 Å². The summed E-state index contributed by atoms with van der Waals surface area (Å²) in [6, 6.07) is 18.0. The summed E-state index contributed by atoms with van der Waals surface area (Å²) in [5.41, 5.74) is 8.44. The third-order valence-electron chi connectivity index (χ3n) is 7.31. The van der Waals surface area contributed by atoms with Crippen molar-refractivity contribution in [3.05, 3.63) is 119 Å². The number of hydrogen-bond acceptors (Lipinski definition) is 4. The molecule has 0 bridgehead atoms. The van der Waals surface area contributed by atoms with E-state index < -0.39 is 0 Å². The molecule has 3 aromatic heterocycles. The zero-order valence-electron chi connectivity index (χ0n) is 22.4. The fourth-order valence-electron chi connectivity index (χ4n) is 5.22. The van der Waals surface area contributed by atoms with Gasteiger partial charge in [0, 0.05) is 42.2 Å². The Hall–Kier alpha value is -4.47. The minimum atomic E-state index is 0.0738. The highest BCUT2D eigenvalue weighted by Gasteiger charge is 2.14. The van der Waals surface area contributed by atoms with Gasteiger partial charge in [0.1, 0.15) is 11.3 Å². The molecule has 1 fully saturated rings. The Morgan fingerprint density at radius 2 is 1.85 bits per heavy atom. The van der Waals surface area contributed by atoms with Crippen molar-refractivity contribution in [1.29, 1.82) is 0 Å². The van der Waals surface area contributed by atoms with E-state index in [1.54, 1.807) is 6.20 Å². The van der Waals surface area contributed by atoms with Gasteiger partial charge in [0.15, 0.2) is 5.78 Å². The average Bonchev–Trinajstić information content (AvgIpc) is 3.70. The molecule has 0 amide bonds. The quantitative estimate of drug-likeness (QED) is 0.220. The molecule has 39 heavy (non-hydrogen) atoms. The number of Topliss-reactive ketones (excluding diaryl/α,β-unsaturated/α-hetero) is 1. The number of nitrogens with zero attached hydrogens (tertiary/aromatic N) is 5. The van der Waals surface area contributed by atoms with Gasteiger partial charge in [-0.1, -0.05) is 30.2 Å². The summed E-state index contributed by atoms with van der Waals surface area (Å²) in [6.07, 6.45) is 10.6. The molecule has 0 aliphatic carbocycles. The van der Waals surface area contributed by atoms with Crippen LogP contribution in [0.1, 0.15) is 56.8 Å². The van der Waals surface area contributed by atoms with Gasteiger partial charge in [0.2, 0.25) is 0 Å². The fourth-order valence-corrected chi connectivity index (χ4v) is 5.22. The first kappa shape index (κ1) is 24.8. The molecule has 194 valence electrons. The summed E-state index contributed by atoms with van der Waals surface area (Å²) in [5, 5.41) is 0. The molecule has 0 N–H and O–H groups in total. The summed E-state index contributed by atoms with van der Waals surface area (Å²) in [6.45, 7) is 7.27. The molecule has 0 radical (unpaired) electrons. The van der Waals surface area contributed by atoms with Gasteiger partial charge in [0.05, 0.1) is 18.2 Å². The molecule has 0 atom stereocenters. The second kappa shape index (κ2) is 10.7. The Balaban J connectivity index is 1.20. The molecular weight excluding hydrogens is 482 g/mol. The van der Waals surface area contributed by atoms with E-state index in [2.05, 4.69) is 62.6 Å². The predicted octanol–water partition coefficient (Wildman–Crippen LogP) is 5.56. The zero-order valence-corrected chi connectivity index (χ0v) is 22.4. The van der Waals surface area contributed by atoms with E-state index in [1.807, 2.05) is 60.2 Å². The lowest BCUT2D eigenvalue weighted by atomic mass is 9.98. The van der Waals surface area contributed by atoms with E-state index in [-0.39, 0.29) is 5.78 Å². The van der Waals surface area contributed by atoms with Gasteiger partial charge in [-0.15, -0.1) is 0 Å². The summed E-state index contributed by atoms with van der Waals surface area (Å²) in [5.74, 6) is 6.56. The maximum atomic E-state index is 13.4. The van der Waals surface area contributed by atoms with Gasteiger partial charge in [0.25, 0.3) is 0 Å². The Labute approximate surface area is 229 Å². The van der Waals surface area contributed by atoms with Gasteiger partial charge >= 0.3 is 0 Å². The first-order chi connectivity index (χ1) is 19.0. The lowest BCUT2D eigenvalue weighted by molar-refractivity contribution is 0.0993. The van der Waals surface area contributed by atoms with Crippen LogP contribution in [0.5, 0.6) is 0 Å². The molecule has 1 aliphatic heterocycles. The molecule has 0 spiro atoms. The van der Waals surface area contributed by atoms with Crippen LogP contribution >= 0.6 is 0 Å². The number of rotatable bonds is 6. The Bertz CT molecular complexity index is 1730. The minimum absolute atomic E-state index is 0.0738. The number of imidazole rings is 2. The summed E-state index contributed by atoms with van der Waals surface area (Å²) >= 11 is 0. The number of likely N-dealkylation sites (tertiary alicyclic amines) is 1. The Morgan fingerprint density at radius 3 is 2.72 bits per heavy atom. The van der Waals surface area contributed by atoms with Crippen LogP contribution in [0.4, 0.5) is 0 Å². The lowest BCUT2D eigenvalue weighted by Crippen LogP contribution is -2.18. The van der Waals surface area contributed by atoms with Crippen LogP contribution in [0, 0.1) is 25.7 Å². The van der Waals surface area contributed by atoms with E-state index in [4.69, 9.17) is 0 Å². The van der Waals surface area contributed by atoms with Gasteiger partial charge in [-0.2, -0.15) is 0 Å². The monoisotopic (exact) mass is 513 g/mol. The van der Waals surface area contributed by atoms with Crippen molar-refractivity contribution < 1.29 is 4.79 Å². The van der Waals surface area contributed by atoms with E-state index in [9.17, 15) is 4.79 Å². The molecule has 6 heteroatoms. The molecule has 1 saturated heterocycles. The highest BCUT2D eigenvalue weighted by molar-refractivity contribution is 5.98. The van der Waals surface area contributed by atoms with Crippen LogP contribution in [0.2, 0.25) is 0 Å². The molecular formula is C33H31N5O. The van der Waals surface area contributed by atoms with Crippen LogP contribution in [0.3, 0.4) is 0 Å². The summed E-state index contributed by atoms with van der Waals surface area (Å²) < 4.78 is 4.02. The third-order valence-corrected chi connectivity index (χ3v) is 7.31. The largest absolute Gasteiger partial charge is 0.306 e. The summed E-state index contributed by atoms with van der Waals surface area (Å²) in [4.78, 5) is 24.8. The highest BCUT2D eigenvalue weighted by Crippen LogP contribution is 2.19. The first-order valence-electron chi connectivity index (χ1n) is 13.5. The van der Waals surface area contributed by atoms with Crippen LogP contribution in [0.15, 0.2) is 79.5 Å². The SMILES string of the molecule is Cc1cc(CC(=O)c2ccc(C)c(C#Cc3cnc4ccccn34)c2)cc(-n2cnc(CN3CCCC3)c2)c1. The Morgan fingerprint density at radius 1 is 0.974 bits per heavy atom. The smallest absolute Gasteiger partial charge is 0.167 e. The first-order valence-corrected chi connectivity index (χ1v) is 13.5. The van der Waals surface area contributed by atoms with Gasteiger partial charge in [-0.3, -0.25) is 14.1 Å².